The second-order valence-corrected chi connectivity index (χ2v) is 8.32. The molecule has 0 saturated heterocycles. The predicted octanol–water partition coefficient (Wildman–Crippen LogP) is 3.70. The zero-order valence-corrected chi connectivity index (χ0v) is 17.0. The Morgan fingerprint density at radius 2 is 1.48 bits per heavy atom. The molecule has 2 aromatic carbocycles. The van der Waals surface area contributed by atoms with Gasteiger partial charge in [0.2, 0.25) is 10.0 Å². The summed E-state index contributed by atoms with van der Waals surface area (Å²) in [5.41, 5.74) is 3.03. The lowest BCUT2D eigenvalue weighted by Gasteiger charge is -2.18. The van der Waals surface area contributed by atoms with Crippen LogP contribution in [0.5, 0.6) is 0 Å². The quantitative estimate of drug-likeness (QED) is 0.614. The van der Waals surface area contributed by atoms with Crippen LogP contribution in [0.2, 0.25) is 0 Å². The largest absolute Gasteiger partial charge is 0.461 e. The van der Waals surface area contributed by atoms with Crippen LogP contribution in [0.25, 0.3) is 0 Å². The highest BCUT2D eigenvalue weighted by molar-refractivity contribution is 7.89. The Kier molecular flexibility index (Phi) is 7.56. The van der Waals surface area contributed by atoms with Crippen molar-refractivity contribution in [2.24, 2.45) is 0 Å². The maximum absolute atomic E-state index is 12.5. The van der Waals surface area contributed by atoms with Crippen molar-refractivity contribution in [3.63, 3.8) is 0 Å². The van der Waals surface area contributed by atoms with E-state index in [2.05, 4.69) is 0 Å². The molecule has 5 nitrogen and oxygen atoms in total. The van der Waals surface area contributed by atoms with Gasteiger partial charge in [-0.2, -0.15) is 4.31 Å². The molecule has 0 bridgehead atoms. The van der Waals surface area contributed by atoms with Gasteiger partial charge in [-0.25, -0.2) is 8.42 Å². The van der Waals surface area contributed by atoms with Crippen LogP contribution in [0.15, 0.2) is 53.4 Å². The minimum absolute atomic E-state index is 0.258. The second kappa shape index (κ2) is 9.67. The van der Waals surface area contributed by atoms with Crippen molar-refractivity contribution in [3.8, 4) is 0 Å². The minimum atomic E-state index is -3.45. The zero-order valence-electron chi connectivity index (χ0n) is 16.1. The molecule has 0 radical (unpaired) electrons. The third-order valence-corrected chi connectivity index (χ3v) is 6.47. The Bertz CT molecular complexity index is 839. The number of esters is 1. The summed E-state index contributed by atoms with van der Waals surface area (Å²) in [6, 6.07) is 14.6. The number of benzene rings is 2. The molecule has 0 fully saturated rings. The molecule has 0 heterocycles. The number of hydrogen-bond donors (Lipinski definition) is 0. The lowest BCUT2D eigenvalue weighted by molar-refractivity contribution is -0.144. The van der Waals surface area contributed by atoms with E-state index in [0.29, 0.717) is 19.5 Å². The van der Waals surface area contributed by atoms with Gasteiger partial charge in [0, 0.05) is 19.5 Å². The van der Waals surface area contributed by atoms with E-state index in [0.717, 1.165) is 16.7 Å². The van der Waals surface area contributed by atoms with Gasteiger partial charge >= 0.3 is 5.97 Å². The lowest BCUT2D eigenvalue weighted by Crippen LogP contribution is -2.30. The van der Waals surface area contributed by atoms with Gasteiger partial charge in [-0.15, -0.1) is 0 Å². The van der Waals surface area contributed by atoms with E-state index >= 15 is 0 Å². The summed E-state index contributed by atoms with van der Waals surface area (Å²) in [5.74, 6) is -0.268. The molecule has 27 heavy (non-hydrogen) atoms. The van der Waals surface area contributed by atoms with E-state index in [1.54, 1.807) is 24.3 Å². The summed E-state index contributed by atoms with van der Waals surface area (Å²) in [7, 11) is -3.45. The summed E-state index contributed by atoms with van der Waals surface area (Å²) < 4.78 is 31.6. The molecule has 0 aliphatic heterocycles. The van der Waals surface area contributed by atoms with E-state index in [1.165, 1.54) is 4.31 Å². The molecule has 0 amide bonds. The lowest BCUT2D eigenvalue weighted by atomic mass is 10.1. The van der Waals surface area contributed by atoms with E-state index in [4.69, 9.17) is 4.74 Å². The molecule has 0 aliphatic carbocycles. The van der Waals surface area contributed by atoms with Crippen LogP contribution in [-0.2, 0) is 32.6 Å². The smallest absolute Gasteiger partial charge is 0.306 e. The Morgan fingerprint density at radius 1 is 0.926 bits per heavy atom. The summed E-state index contributed by atoms with van der Waals surface area (Å²) in [6.07, 6.45) is 0.770. The number of carbonyl (C=O) groups is 1. The maximum Gasteiger partial charge on any atom is 0.306 e. The van der Waals surface area contributed by atoms with Crippen LogP contribution in [0.4, 0.5) is 0 Å². The molecule has 0 unspecified atom stereocenters. The SMILES string of the molecule is CCN(CC)S(=O)(=O)c1ccc(CCC(=O)OCc2ccc(C)cc2)cc1. The summed E-state index contributed by atoms with van der Waals surface area (Å²) >= 11 is 0. The normalized spacial score (nSPS) is 11.6. The number of hydrogen-bond acceptors (Lipinski definition) is 4. The average Bonchev–Trinajstić information content (AvgIpc) is 2.67. The fourth-order valence-corrected chi connectivity index (χ4v) is 4.17. The van der Waals surface area contributed by atoms with Crippen LogP contribution in [0.3, 0.4) is 0 Å². The van der Waals surface area contributed by atoms with Crippen molar-refractivity contribution in [1.29, 1.82) is 0 Å². The van der Waals surface area contributed by atoms with Gasteiger partial charge in [0.15, 0.2) is 0 Å². The molecule has 2 aromatic rings. The zero-order chi connectivity index (χ0) is 19.9. The van der Waals surface area contributed by atoms with Crippen LogP contribution >= 0.6 is 0 Å². The number of carbonyl (C=O) groups excluding carboxylic acids is 1. The van der Waals surface area contributed by atoms with E-state index in [9.17, 15) is 13.2 Å². The highest BCUT2D eigenvalue weighted by Crippen LogP contribution is 2.17. The van der Waals surface area contributed by atoms with Crippen LogP contribution in [0.1, 0.15) is 37.0 Å². The van der Waals surface area contributed by atoms with Gasteiger partial charge in [0.1, 0.15) is 6.61 Å². The number of ether oxygens (including phenoxy) is 1. The molecular formula is C21H27NO4S. The Labute approximate surface area is 162 Å². The van der Waals surface area contributed by atoms with Crippen molar-refractivity contribution in [2.45, 2.75) is 45.1 Å². The topological polar surface area (TPSA) is 63.7 Å². The van der Waals surface area contributed by atoms with Crippen molar-refractivity contribution in [3.05, 3.63) is 65.2 Å². The molecule has 0 atom stereocenters. The van der Waals surface area contributed by atoms with Crippen molar-refractivity contribution < 1.29 is 17.9 Å². The van der Waals surface area contributed by atoms with Crippen LogP contribution in [0, 0.1) is 6.92 Å². The van der Waals surface area contributed by atoms with Crippen molar-refractivity contribution >= 4 is 16.0 Å². The van der Waals surface area contributed by atoms with Gasteiger partial charge < -0.3 is 4.74 Å². The highest BCUT2D eigenvalue weighted by Gasteiger charge is 2.21. The van der Waals surface area contributed by atoms with Gasteiger partial charge in [0.25, 0.3) is 0 Å². The third-order valence-electron chi connectivity index (χ3n) is 4.40. The summed E-state index contributed by atoms with van der Waals surface area (Å²) in [5, 5.41) is 0. The van der Waals surface area contributed by atoms with Gasteiger partial charge in [-0.3, -0.25) is 4.79 Å². The molecule has 0 saturated carbocycles. The first-order valence-corrected chi connectivity index (χ1v) is 10.6. The standard InChI is InChI=1S/C21H27NO4S/c1-4-22(5-2)27(24,25)20-13-10-18(11-14-20)12-15-21(23)26-16-19-8-6-17(3)7-9-19/h6-11,13-14H,4-5,12,15-16H2,1-3H3. The number of sulfonamides is 1. The summed E-state index contributed by atoms with van der Waals surface area (Å²) in [4.78, 5) is 12.2. The molecule has 2 rings (SSSR count). The van der Waals surface area contributed by atoms with Crippen molar-refractivity contribution in [2.75, 3.05) is 13.1 Å². The molecule has 0 aliphatic rings. The van der Waals surface area contributed by atoms with E-state index in [-0.39, 0.29) is 23.9 Å². The van der Waals surface area contributed by atoms with Crippen LogP contribution in [-0.4, -0.2) is 31.8 Å². The van der Waals surface area contributed by atoms with Gasteiger partial charge in [0.05, 0.1) is 4.90 Å². The van der Waals surface area contributed by atoms with Crippen LogP contribution < -0.4 is 0 Å². The minimum Gasteiger partial charge on any atom is -0.461 e. The molecule has 0 spiro atoms. The first-order chi connectivity index (χ1) is 12.9. The molecular weight excluding hydrogens is 362 g/mol. The highest BCUT2D eigenvalue weighted by atomic mass is 32.2. The van der Waals surface area contributed by atoms with E-state index in [1.807, 2.05) is 45.0 Å². The second-order valence-electron chi connectivity index (χ2n) is 6.38. The number of rotatable bonds is 9. The fourth-order valence-electron chi connectivity index (χ4n) is 2.71. The van der Waals surface area contributed by atoms with Gasteiger partial charge in [-0.05, 0) is 36.6 Å². The molecule has 0 N–H and O–H groups in total. The number of nitrogens with zero attached hydrogens (tertiary/aromatic N) is 1. The fraction of sp³-hybridized carbons (Fsp3) is 0.381. The Morgan fingerprint density at radius 3 is 2.04 bits per heavy atom. The molecule has 146 valence electrons. The number of aryl methyl sites for hydroxylation is 2. The molecule has 0 aromatic heterocycles. The van der Waals surface area contributed by atoms with E-state index < -0.39 is 10.0 Å². The Balaban J connectivity index is 1.87. The Hall–Kier alpha value is -2.18. The third kappa shape index (κ3) is 5.91. The first-order valence-electron chi connectivity index (χ1n) is 9.17. The maximum atomic E-state index is 12.5. The van der Waals surface area contributed by atoms with Gasteiger partial charge in [-0.1, -0.05) is 55.8 Å². The monoisotopic (exact) mass is 389 g/mol. The summed E-state index contributed by atoms with van der Waals surface area (Å²) in [6.45, 7) is 6.78. The van der Waals surface area contributed by atoms with Crippen molar-refractivity contribution in [1.82, 2.24) is 4.31 Å². The first kappa shape index (κ1) is 21.1. The predicted molar refractivity (Wildman–Crippen MR) is 106 cm³/mol. The average molecular weight is 390 g/mol. The molecule has 6 heteroatoms.